The van der Waals surface area contributed by atoms with Crippen LogP contribution in [0.1, 0.15) is 91.2 Å². The SMILES string of the molecule is Cc1noc(-c2ccccc2)c1CSC[C@H]1O[C@@H](n2cc(C#Cc3nc4ccccc4n3C(=O)OC(C)(C)C)c3c(N)ncnc32)[C@H](O[Si](C)(C)C(C)(C)C)[C@@H]1O[Si](C)(C)C(C)(C)C. The zero-order valence-corrected chi connectivity index (χ0v) is 42.5. The standard InChI is InChI=1S/C48H63N7O6SSi2/c1-30-33(39(59-53-30)31-20-16-15-17-21-31)27-62-28-36-40(60-63(11,12)47(5,6)7)41(61-64(13,14)48(8,9)10)44(57-36)54-26-32(38-42(49)50-29-51-43(38)54)24-25-37-52-34-22-18-19-23-35(34)55(37)45(56)58-46(2,3)4/h15-23,26,29,36,40-41,44H,27-28H2,1-14H3,(H2,49,50,51)/t36-,40-,41-,44-/m1/s1. The summed E-state index contributed by atoms with van der Waals surface area (Å²) < 4.78 is 37.3. The van der Waals surface area contributed by atoms with Gasteiger partial charge in [0.15, 0.2) is 34.4 Å². The van der Waals surface area contributed by atoms with Gasteiger partial charge in [-0.15, -0.1) is 0 Å². The number of imidazole rings is 1. The second-order valence-electron chi connectivity index (χ2n) is 20.6. The number of aryl methyl sites for hydroxylation is 1. The lowest BCUT2D eigenvalue weighted by atomic mass is 10.1. The van der Waals surface area contributed by atoms with Crippen LogP contribution in [0.5, 0.6) is 0 Å². The number of thioether (sulfide) groups is 1. The lowest BCUT2D eigenvalue weighted by molar-refractivity contribution is -0.0244. The highest BCUT2D eigenvalue weighted by Crippen LogP contribution is 2.47. The van der Waals surface area contributed by atoms with E-state index in [4.69, 9.17) is 38.6 Å². The number of carbonyl (C=O) groups excluding carboxylic acids is 1. The van der Waals surface area contributed by atoms with Crippen molar-refractivity contribution in [3.8, 4) is 23.2 Å². The first kappa shape index (κ1) is 47.2. The maximum absolute atomic E-state index is 13.6. The highest BCUT2D eigenvalue weighted by Gasteiger charge is 2.54. The molecular weight excluding hydrogens is 859 g/mol. The molecule has 0 aliphatic carbocycles. The van der Waals surface area contributed by atoms with Crippen molar-refractivity contribution < 1.29 is 27.6 Å². The fourth-order valence-electron chi connectivity index (χ4n) is 7.14. The van der Waals surface area contributed by atoms with Crippen molar-refractivity contribution in [3.63, 3.8) is 0 Å². The van der Waals surface area contributed by atoms with Gasteiger partial charge in [0.25, 0.3) is 0 Å². The normalized spacial score (nSPS) is 18.7. The van der Waals surface area contributed by atoms with Crippen LogP contribution in [0.3, 0.4) is 0 Å². The monoisotopic (exact) mass is 921 g/mol. The number of nitrogens with two attached hydrogens (primary N) is 1. The molecule has 340 valence electrons. The summed E-state index contributed by atoms with van der Waals surface area (Å²) in [4.78, 5) is 27.6. The van der Waals surface area contributed by atoms with Gasteiger partial charge in [-0.05, 0) is 82.0 Å². The molecule has 0 radical (unpaired) electrons. The molecule has 0 bridgehead atoms. The first-order chi connectivity index (χ1) is 29.9. The lowest BCUT2D eigenvalue weighted by Crippen LogP contribution is -2.53. The van der Waals surface area contributed by atoms with Gasteiger partial charge >= 0.3 is 6.09 Å². The van der Waals surface area contributed by atoms with E-state index >= 15 is 0 Å². The summed E-state index contributed by atoms with van der Waals surface area (Å²) in [6, 6.07) is 17.5. The molecule has 2 N–H and O–H groups in total. The number of anilines is 1. The zero-order valence-electron chi connectivity index (χ0n) is 39.7. The Balaban J connectivity index is 1.33. The number of para-hydroxylation sites is 2. The Hall–Kier alpha value is -4.77. The van der Waals surface area contributed by atoms with Gasteiger partial charge in [0.1, 0.15) is 35.6 Å². The van der Waals surface area contributed by atoms with Gasteiger partial charge in [-0.1, -0.05) is 95.1 Å². The number of rotatable bonds is 10. The topological polar surface area (TPSA) is 155 Å². The summed E-state index contributed by atoms with van der Waals surface area (Å²) in [6.07, 6.45) is 0.777. The van der Waals surface area contributed by atoms with Gasteiger partial charge in [-0.2, -0.15) is 11.8 Å². The molecule has 6 aromatic rings. The molecule has 64 heavy (non-hydrogen) atoms. The van der Waals surface area contributed by atoms with Crippen LogP contribution < -0.4 is 5.73 Å². The zero-order chi connectivity index (χ0) is 46.6. The Morgan fingerprint density at radius 3 is 2.17 bits per heavy atom. The van der Waals surface area contributed by atoms with E-state index in [0.717, 1.165) is 22.6 Å². The molecule has 1 fully saturated rings. The van der Waals surface area contributed by atoms with E-state index in [1.54, 1.807) is 11.8 Å². The number of benzene rings is 2. The van der Waals surface area contributed by atoms with Crippen molar-refractivity contribution in [1.29, 1.82) is 0 Å². The van der Waals surface area contributed by atoms with E-state index in [1.807, 2.05) is 93.1 Å². The van der Waals surface area contributed by atoms with Gasteiger partial charge in [0, 0.05) is 28.8 Å². The molecule has 1 aliphatic rings. The maximum Gasteiger partial charge on any atom is 0.421 e. The van der Waals surface area contributed by atoms with E-state index in [9.17, 15) is 4.79 Å². The van der Waals surface area contributed by atoms with Crippen LogP contribution in [0.15, 0.2) is 71.6 Å². The van der Waals surface area contributed by atoms with Gasteiger partial charge in [0.2, 0.25) is 0 Å². The van der Waals surface area contributed by atoms with Gasteiger partial charge in [-0.25, -0.2) is 24.3 Å². The Kier molecular flexibility index (Phi) is 12.9. The van der Waals surface area contributed by atoms with Crippen molar-refractivity contribution in [1.82, 2.24) is 29.2 Å². The predicted molar refractivity (Wildman–Crippen MR) is 260 cm³/mol. The predicted octanol–water partition coefficient (Wildman–Crippen LogP) is 11.1. The van der Waals surface area contributed by atoms with Crippen molar-refractivity contribution in [2.75, 3.05) is 11.5 Å². The minimum absolute atomic E-state index is 0.0884. The molecule has 2 aromatic carbocycles. The third-order valence-corrected chi connectivity index (χ3v) is 22.7. The summed E-state index contributed by atoms with van der Waals surface area (Å²) in [5, 5.41) is 4.70. The fraction of sp³-hybridized carbons (Fsp3) is 0.479. The molecule has 1 saturated heterocycles. The van der Waals surface area contributed by atoms with Crippen LogP contribution >= 0.6 is 11.8 Å². The molecule has 4 atom stereocenters. The minimum Gasteiger partial charge on any atom is -0.443 e. The molecule has 0 spiro atoms. The largest absolute Gasteiger partial charge is 0.443 e. The number of nitrogens with zero attached hydrogens (tertiary/aromatic N) is 6. The first-order valence-electron chi connectivity index (χ1n) is 21.8. The van der Waals surface area contributed by atoms with Crippen molar-refractivity contribution in [3.05, 3.63) is 89.8 Å². The number of nitrogen functional groups attached to an aromatic ring is 1. The molecular formula is C48H63N7O6SSi2. The van der Waals surface area contributed by atoms with Crippen molar-refractivity contribution >= 4 is 62.4 Å². The molecule has 4 aromatic heterocycles. The Labute approximate surface area is 383 Å². The highest BCUT2D eigenvalue weighted by molar-refractivity contribution is 7.98. The van der Waals surface area contributed by atoms with Gasteiger partial charge in [-0.3, -0.25) is 0 Å². The number of fused-ring (bicyclic) bond motifs is 2. The van der Waals surface area contributed by atoms with Crippen LogP contribution in [0.4, 0.5) is 10.6 Å². The van der Waals surface area contributed by atoms with E-state index in [1.165, 1.54) is 10.9 Å². The second-order valence-corrected chi connectivity index (χ2v) is 31.1. The third-order valence-electron chi connectivity index (χ3n) is 12.7. The molecule has 5 heterocycles. The maximum atomic E-state index is 13.6. The Morgan fingerprint density at radius 1 is 0.875 bits per heavy atom. The number of carbonyl (C=O) groups is 1. The number of hydrogen-bond donors (Lipinski definition) is 1. The molecule has 0 unspecified atom stereocenters. The molecule has 1 aliphatic heterocycles. The average Bonchev–Trinajstić information content (AvgIpc) is 3.95. The highest BCUT2D eigenvalue weighted by atomic mass is 32.2. The van der Waals surface area contributed by atoms with E-state index < -0.39 is 46.8 Å². The van der Waals surface area contributed by atoms with Crippen LogP contribution in [0.25, 0.3) is 33.4 Å². The van der Waals surface area contributed by atoms with Crippen molar-refractivity contribution in [2.24, 2.45) is 0 Å². The summed E-state index contributed by atoms with van der Waals surface area (Å²) >= 11 is 1.76. The smallest absolute Gasteiger partial charge is 0.421 e. The number of aromatic nitrogens is 6. The van der Waals surface area contributed by atoms with Crippen LogP contribution in [-0.4, -0.2) is 81.6 Å². The van der Waals surface area contributed by atoms with E-state index in [-0.39, 0.29) is 27.8 Å². The fourth-order valence-corrected chi connectivity index (χ4v) is 10.9. The quantitative estimate of drug-likeness (QED) is 0.103. The van der Waals surface area contributed by atoms with Crippen LogP contribution in [-0.2, 0) is 24.1 Å². The lowest BCUT2D eigenvalue weighted by Gasteiger charge is -2.44. The molecule has 0 amide bonds. The first-order valence-corrected chi connectivity index (χ1v) is 28.8. The number of ether oxygens (including phenoxy) is 2. The Morgan fingerprint density at radius 2 is 1.52 bits per heavy atom. The number of hydrogen-bond acceptors (Lipinski definition) is 12. The molecule has 7 rings (SSSR count). The van der Waals surface area contributed by atoms with Gasteiger partial charge < -0.3 is 33.1 Å². The molecule has 13 nitrogen and oxygen atoms in total. The van der Waals surface area contributed by atoms with E-state index in [2.05, 4.69) is 89.7 Å². The van der Waals surface area contributed by atoms with Crippen LogP contribution in [0, 0.1) is 18.8 Å². The average molecular weight is 922 g/mol. The summed E-state index contributed by atoms with van der Waals surface area (Å²) in [7, 11) is -4.89. The van der Waals surface area contributed by atoms with Crippen LogP contribution in [0.2, 0.25) is 36.3 Å². The summed E-state index contributed by atoms with van der Waals surface area (Å²) in [5.41, 5.74) is 11.1. The summed E-state index contributed by atoms with van der Waals surface area (Å²) in [6.45, 7) is 30.0. The Bertz CT molecular complexity index is 2720. The molecule has 16 heteroatoms. The van der Waals surface area contributed by atoms with Gasteiger partial charge in [0.05, 0.1) is 33.8 Å². The minimum atomic E-state index is -2.47. The van der Waals surface area contributed by atoms with E-state index in [0.29, 0.717) is 39.1 Å². The second kappa shape index (κ2) is 17.6. The van der Waals surface area contributed by atoms with Crippen molar-refractivity contribution in [2.45, 2.75) is 141 Å². The summed E-state index contributed by atoms with van der Waals surface area (Å²) in [5.74, 6) is 9.00. The third kappa shape index (κ3) is 9.61. The molecule has 0 saturated carbocycles.